The second kappa shape index (κ2) is 4.62. The van der Waals surface area contributed by atoms with Gasteiger partial charge >= 0.3 is 0 Å². The number of anilines is 2. The molecule has 1 saturated heterocycles. The zero-order valence-electron chi connectivity index (χ0n) is 11.8. The Bertz CT molecular complexity index is 574. The number of nitrogens with two attached hydrogens (primary N) is 1. The van der Waals surface area contributed by atoms with Crippen LogP contribution in [-0.2, 0) is 16.0 Å². The van der Waals surface area contributed by atoms with Crippen LogP contribution in [0.3, 0.4) is 0 Å². The first-order chi connectivity index (χ1) is 9.57. The molecule has 4 nitrogen and oxygen atoms in total. The van der Waals surface area contributed by atoms with E-state index in [9.17, 15) is 9.59 Å². The number of rotatable bonds is 2. The van der Waals surface area contributed by atoms with Gasteiger partial charge in [-0.1, -0.05) is 25.8 Å². The Hall–Kier alpha value is -1.84. The minimum absolute atomic E-state index is 0.0244. The third-order valence-corrected chi connectivity index (χ3v) is 4.72. The fourth-order valence-electron chi connectivity index (χ4n) is 3.54. The molecule has 1 aromatic rings. The minimum Gasteiger partial charge on any atom is -0.398 e. The lowest BCUT2D eigenvalue weighted by molar-refractivity contribution is -0.125. The monoisotopic (exact) mass is 272 g/mol. The van der Waals surface area contributed by atoms with Crippen molar-refractivity contribution in [1.29, 1.82) is 0 Å². The van der Waals surface area contributed by atoms with Crippen molar-refractivity contribution in [2.45, 2.75) is 45.4 Å². The second-order valence-electron chi connectivity index (χ2n) is 5.94. The lowest BCUT2D eigenvalue weighted by Gasteiger charge is -2.21. The summed E-state index contributed by atoms with van der Waals surface area (Å²) < 4.78 is 0. The third kappa shape index (κ3) is 1.82. The number of hydrogen-bond acceptors (Lipinski definition) is 3. The number of carbonyl (C=O) groups is 2. The molecule has 1 heterocycles. The van der Waals surface area contributed by atoms with Crippen molar-refractivity contribution >= 4 is 23.2 Å². The highest BCUT2D eigenvalue weighted by molar-refractivity contribution is 6.22. The summed E-state index contributed by atoms with van der Waals surface area (Å²) in [5.74, 6) is -0.107. The zero-order valence-corrected chi connectivity index (χ0v) is 11.8. The molecule has 0 atom stereocenters. The Morgan fingerprint density at radius 2 is 1.95 bits per heavy atom. The fraction of sp³-hybridized carbons (Fsp3) is 0.500. The van der Waals surface area contributed by atoms with E-state index in [1.807, 2.05) is 19.1 Å². The number of nitrogen functional groups attached to an aromatic ring is 1. The average Bonchev–Trinajstić information content (AvgIpc) is 2.97. The SMILES string of the molecule is CCc1ccc(N2C(=O)CC3(CCCC3)C2=O)cc1N. The first-order valence-corrected chi connectivity index (χ1v) is 7.33. The van der Waals surface area contributed by atoms with Gasteiger partial charge < -0.3 is 5.73 Å². The van der Waals surface area contributed by atoms with E-state index < -0.39 is 5.41 Å². The van der Waals surface area contributed by atoms with Crippen molar-refractivity contribution in [3.8, 4) is 0 Å². The molecule has 3 rings (SSSR count). The molecule has 1 aliphatic heterocycles. The van der Waals surface area contributed by atoms with E-state index in [4.69, 9.17) is 5.73 Å². The normalized spacial score (nSPS) is 21.1. The molecule has 1 saturated carbocycles. The number of nitrogens with zero attached hydrogens (tertiary/aromatic N) is 1. The molecule has 2 fully saturated rings. The van der Waals surface area contributed by atoms with Gasteiger partial charge in [-0.25, -0.2) is 4.90 Å². The van der Waals surface area contributed by atoms with Crippen molar-refractivity contribution in [1.82, 2.24) is 0 Å². The van der Waals surface area contributed by atoms with E-state index in [-0.39, 0.29) is 11.8 Å². The number of carbonyl (C=O) groups excluding carboxylic acids is 2. The number of amides is 2. The summed E-state index contributed by atoms with van der Waals surface area (Å²) in [6.07, 6.45) is 4.99. The lowest BCUT2D eigenvalue weighted by Crippen LogP contribution is -2.34. The molecule has 0 bridgehead atoms. The molecule has 2 aliphatic rings. The molecule has 0 unspecified atom stereocenters. The van der Waals surface area contributed by atoms with Crippen LogP contribution in [0, 0.1) is 5.41 Å². The largest absolute Gasteiger partial charge is 0.398 e. The van der Waals surface area contributed by atoms with Crippen LogP contribution in [0.1, 0.15) is 44.6 Å². The van der Waals surface area contributed by atoms with Crippen LogP contribution in [0.2, 0.25) is 0 Å². The Labute approximate surface area is 118 Å². The molecule has 20 heavy (non-hydrogen) atoms. The highest BCUT2D eigenvalue weighted by atomic mass is 16.2. The van der Waals surface area contributed by atoms with Crippen LogP contribution >= 0.6 is 0 Å². The van der Waals surface area contributed by atoms with Crippen molar-refractivity contribution in [2.75, 3.05) is 10.6 Å². The van der Waals surface area contributed by atoms with E-state index in [0.29, 0.717) is 17.8 Å². The fourth-order valence-corrected chi connectivity index (χ4v) is 3.54. The van der Waals surface area contributed by atoms with Crippen molar-refractivity contribution in [3.63, 3.8) is 0 Å². The first-order valence-electron chi connectivity index (χ1n) is 7.33. The number of hydrogen-bond donors (Lipinski definition) is 1. The van der Waals surface area contributed by atoms with Gasteiger partial charge in [-0.15, -0.1) is 0 Å². The summed E-state index contributed by atoms with van der Waals surface area (Å²) in [6, 6.07) is 5.49. The average molecular weight is 272 g/mol. The van der Waals surface area contributed by atoms with Gasteiger partial charge in [-0.05, 0) is 37.0 Å². The molecule has 1 aliphatic carbocycles. The van der Waals surface area contributed by atoms with Gasteiger partial charge in [0.25, 0.3) is 0 Å². The van der Waals surface area contributed by atoms with Gasteiger partial charge in [0.05, 0.1) is 11.1 Å². The van der Waals surface area contributed by atoms with Crippen molar-refractivity contribution < 1.29 is 9.59 Å². The summed E-state index contributed by atoms with van der Waals surface area (Å²) >= 11 is 0. The lowest BCUT2D eigenvalue weighted by atomic mass is 9.84. The van der Waals surface area contributed by atoms with E-state index >= 15 is 0 Å². The maximum atomic E-state index is 12.7. The number of aryl methyl sites for hydroxylation is 1. The summed E-state index contributed by atoms with van der Waals surface area (Å²) in [6.45, 7) is 2.03. The summed E-state index contributed by atoms with van der Waals surface area (Å²) in [5, 5.41) is 0. The van der Waals surface area contributed by atoms with Crippen LogP contribution in [-0.4, -0.2) is 11.8 Å². The van der Waals surface area contributed by atoms with Crippen LogP contribution in [0.25, 0.3) is 0 Å². The van der Waals surface area contributed by atoms with Gasteiger partial charge in [0, 0.05) is 12.1 Å². The molecule has 4 heteroatoms. The van der Waals surface area contributed by atoms with Crippen LogP contribution in [0.4, 0.5) is 11.4 Å². The maximum Gasteiger partial charge on any atom is 0.240 e. The summed E-state index contributed by atoms with van der Waals surface area (Å²) in [4.78, 5) is 26.3. The molecular weight excluding hydrogens is 252 g/mol. The second-order valence-corrected chi connectivity index (χ2v) is 5.94. The molecule has 0 aromatic heterocycles. The van der Waals surface area contributed by atoms with Gasteiger partial charge in [0.1, 0.15) is 0 Å². The first kappa shape index (κ1) is 13.2. The van der Waals surface area contributed by atoms with Crippen LogP contribution < -0.4 is 10.6 Å². The smallest absolute Gasteiger partial charge is 0.240 e. The molecule has 106 valence electrons. The third-order valence-electron chi connectivity index (χ3n) is 4.72. The standard InChI is InChI=1S/C16H20N2O2/c1-2-11-5-6-12(9-13(11)17)18-14(19)10-16(15(18)20)7-3-4-8-16/h5-6,9H,2-4,7-8,10,17H2,1H3. The Kier molecular flexibility index (Phi) is 3.04. The molecule has 0 radical (unpaired) electrons. The van der Waals surface area contributed by atoms with Gasteiger partial charge in [-0.2, -0.15) is 0 Å². The van der Waals surface area contributed by atoms with Crippen LogP contribution in [0.15, 0.2) is 18.2 Å². The summed E-state index contributed by atoms with van der Waals surface area (Å²) in [5.41, 5.74) is 7.88. The predicted octanol–water partition coefficient (Wildman–Crippen LogP) is 2.65. The van der Waals surface area contributed by atoms with E-state index in [0.717, 1.165) is 37.7 Å². The zero-order chi connectivity index (χ0) is 14.3. The molecule has 2 amide bonds. The van der Waals surface area contributed by atoms with Gasteiger partial charge in [0.15, 0.2) is 0 Å². The van der Waals surface area contributed by atoms with Crippen LogP contribution in [0.5, 0.6) is 0 Å². The number of imide groups is 1. The van der Waals surface area contributed by atoms with Crippen molar-refractivity contribution in [3.05, 3.63) is 23.8 Å². The molecule has 1 aromatic carbocycles. The molecule has 2 N–H and O–H groups in total. The quantitative estimate of drug-likeness (QED) is 0.665. The Balaban J connectivity index is 1.96. The van der Waals surface area contributed by atoms with E-state index in [1.54, 1.807) is 6.07 Å². The molecule has 1 spiro atoms. The van der Waals surface area contributed by atoms with Crippen molar-refractivity contribution in [2.24, 2.45) is 5.41 Å². The Morgan fingerprint density at radius 1 is 1.25 bits per heavy atom. The minimum atomic E-state index is -0.421. The van der Waals surface area contributed by atoms with E-state index in [1.165, 1.54) is 4.90 Å². The van der Waals surface area contributed by atoms with E-state index in [2.05, 4.69) is 0 Å². The number of benzene rings is 1. The highest BCUT2D eigenvalue weighted by Gasteiger charge is 2.53. The summed E-state index contributed by atoms with van der Waals surface area (Å²) in [7, 11) is 0. The predicted molar refractivity (Wildman–Crippen MR) is 78.2 cm³/mol. The molecular formula is C16H20N2O2. The van der Waals surface area contributed by atoms with Gasteiger partial charge in [-0.3, -0.25) is 9.59 Å². The maximum absolute atomic E-state index is 12.7. The Morgan fingerprint density at radius 3 is 2.55 bits per heavy atom. The topological polar surface area (TPSA) is 63.4 Å². The highest BCUT2D eigenvalue weighted by Crippen LogP contribution is 2.48. The van der Waals surface area contributed by atoms with Gasteiger partial charge in [0.2, 0.25) is 11.8 Å².